The predicted molar refractivity (Wildman–Crippen MR) is 123 cm³/mol. The van der Waals surface area contributed by atoms with E-state index in [-0.39, 0.29) is 6.03 Å². The molecule has 2 aliphatic rings. The number of likely N-dealkylation sites (tertiary alicyclic amines) is 1. The minimum absolute atomic E-state index is 0.0201. The lowest BCUT2D eigenvalue weighted by Crippen LogP contribution is -2.44. The van der Waals surface area contributed by atoms with Gasteiger partial charge in [-0.1, -0.05) is 48.5 Å². The zero-order valence-corrected chi connectivity index (χ0v) is 17.8. The lowest BCUT2D eigenvalue weighted by Gasteiger charge is -2.32. The van der Waals surface area contributed by atoms with E-state index in [1.165, 1.54) is 24.1 Å². The molecular weight excluding hydrogens is 372 g/mol. The first-order valence-electron chi connectivity index (χ1n) is 11.3. The zero-order valence-electron chi connectivity index (χ0n) is 17.8. The number of carbonyl (C=O) groups is 1. The van der Waals surface area contributed by atoms with Crippen molar-refractivity contribution in [2.24, 2.45) is 11.8 Å². The van der Waals surface area contributed by atoms with Crippen molar-refractivity contribution in [3.05, 3.63) is 66.2 Å². The lowest BCUT2D eigenvalue weighted by atomic mass is 9.97. The third-order valence-corrected chi connectivity index (χ3v) is 6.36. The Morgan fingerprint density at radius 1 is 0.833 bits per heavy atom. The summed E-state index contributed by atoms with van der Waals surface area (Å²) in [6.45, 7) is 6.81. The summed E-state index contributed by atoms with van der Waals surface area (Å²) in [7, 11) is 0. The van der Waals surface area contributed by atoms with E-state index >= 15 is 0 Å². The molecule has 30 heavy (non-hydrogen) atoms. The second kappa shape index (κ2) is 10.5. The highest BCUT2D eigenvalue weighted by molar-refractivity contribution is 5.73. The number of amides is 2. The fourth-order valence-corrected chi connectivity index (χ4v) is 4.71. The van der Waals surface area contributed by atoms with Gasteiger partial charge in [0.2, 0.25) is 0 Å². The van der Waals surface area contributed by atoms with E-state index in [4.69, 9.17) is 0 Å². The fraction of sp³-hybridized carbons (Fsp3) is 0.480. The molecule has 0 unspecified atom stereocenters. The minimum Gasteiger partial charge on any atom is -0.371 e. The Labute approximate surface area is 180 Å². The van der Waals surface area contributed by atoms with E-state index in [2.05, 4.69) is 81.1 Å². The van der Waals surface area contributed by atoms with Crippen LogP contribution in [0.15, 0.2) is 60.7 Å². The van der Waals surface area contributed by atoms with Crippen LogP contribution in [0.3, 0.4) is 0 Å². The van der Waals surface area contributed by atoms with E-state index < -0.39 is 0 Å². The molecule has 2 heterocycles. The Morgan fingerprint density at radius 2 is 1.50 bits per heavy atom. The van der Waals surface area contributed by atoms with Gasteiger partial charge in [-0.2, -0.15) is 0 Å². The van der Waals surface area contributed by atoms with Gasteiger partial charge < -0.3 is 15.5 Å². The van der Waals surface area contributed by atoms with Crippen molar-refractivity contribution in [3.8, 4) is 0 Å². The molecule has 2 saturated heterocycles. The maximum atomic E-state index is 12.3. The van der Waals surface area contributed by atoms with Crippen LogP contribution in [0.2, 0.25) is 0 Å². The summed E-state index contributed by atoms with van der Waals surface area (Å²) in [5, 5.41) is 6.21. The summed E-state index contributed by atoms with van der Waals surface area (Å²) in [6, 6.07) is 21.2. The highest BCUT2D eigenvalue weighted by Crippen LogP contribution is 2.23. The summed E-state index contributed by atoms with van der Waals surface area (Å²) in [5.74, 6) is 1.06. The Balaban J connectivity index is 1.14. The molecule has 0 bridgehead atoms. The van der Waals surface area contributed by atoms with Gasteiger partial charge in [-0.25, -0.2) is 4.79 Å². The van der Waals surface area contributed by atoms with Crippen molar-refractivity contribution in [3.63, 3.8) is 0 Å². The Hall–Kier alpha value is -2.53. The first kappa shape index (κ1) is 20.7. The Kier molecular flexibility index (Phi) is 7.25. The van der Waals surface area contributed by atoms with Crippen LogP contribution < -0.4 is 15.5 Å². The standard InChI is InChI=1S/C25H34N4O/c30-25(27-17-23-13-15-29(20-23)24-11-5-2-6-12-24)26-16-22-10-7-14-28(19-22)18-21-8-3-1-4-9-21/h1-6,8-9,11-12,22-23H,7,10,13-20H2,(H2,26,27,30)/t22-,23-/m0/s1. The van der Waals surface area contributed by atoms with E-state index in [1.807, 2.05) is 0 Å². The number of piperidine rings is 1. The van der Waals surface area contributed by atoms with E-state index in [0.29, 0.717) is 11.8 Å². The summed E-state index contributed by atoms with van der Waals surface area (Å²) in [5.41, 5.74) is 2.65. The fourth-order valence-electron chi connectivity index (χ4n) is 4.71. The number of anilines is 1. The van der Waals surface area contributed by atoms with E-state index in [9.17, 15) is 4.79 Å². The normalized spacial score (nSPS) is 22.1. The van der Waals surface area contributed by atoms with Gasteiger partial charge in [-0.3, -0.25) is 4.90 Å². The van der Waals surface area contributed by atoms with Crippen LogP contribution in [0.5, 0.6) is 0 Å². The van der Waals surface area contributed by atoms with Crippen molar-refractivity contribution in [1.82, 2.24) is 15.5 Å². The summed E-state index contributed by atoms with van der Waals surface area (Å²) < 4.78 is 0. The lowest BCUT2D eigenvalue weighted by molar-refractivity contribution is 0.165. The molecule has 0 saturated carbocycles. The molecule has 2 fully saturated rings. The minimum atomic E-state index is -0.0201. The molecule has 2 aliphatic heterocycles. The maximum absolute atomic E-state index is 12.3. The predicted octanol–water partition coefficient (Wildman–Crippen LogP) is 3.72. The molecule has 0 radical (unpaired) electrons. The molecule has 0 spiro atoms. The van der Waals surface area contributed by atoms with Gasteiger partial charge in [0.25, 0.3) is 0 Å². The number of nitrogens with one attached hydrogen (secondary N) is 2. The van der Waals surface area contributed by atoms with Gasteiger partial charge in [-0.05, 0) is 55.3 Å². The summed E-state index contributed by atoms with van der Waals surface area (Å²) in [4.78, 5) is 17.2. The van der Waals surface area contributed by atoms with E-state index in [0.717, 1.165) is 52.2 Å². The molecule has 5 nitrogen and oxygen atoms in total. The molecule has 2 amide bonds. The van der Waals surface area contributed by atoms with Gasteiger partial charge >= 0.3 is 6.03 Å². The number of hydrogen-bond donors (Lipinski definition) is 2. The number of rotatable bonds is 7. The van der Waals surface area contributed by atoms with Crippen LogP contribution in [-0.4, -0.2) is 50.2 Å². The second-order valence-corrected chi connectivity index (χ2v) is 8.76. The third-order valence-electron chi connectivity index (χ3n) is 6.36. The van der Waals surface area contributed by atoms with Crippen LogP contribution >= 0.6 is 0 Å². The van der Waals surface area contributed by atoms with Gasteiger partial charge in [-0.15, -0.1) is 0 Å². The zero-order chi connectivity index (χ0) is 20.6. The number of nitrogens with zero attached hydrogens (tertiary/aromatic N) is 2. The van der Waals surface area contributed by atoms with Crippen molar-refractivity contribution in [2.45, 2.75) is 25.8 Å². The molecule has 2 aromatic carbocycles. The van der Waals surface area contributed by atoms with Crippen LogP contribution in [0.1, 0.15) is 24.8 Å². The monoisotopic (exact) mass is 406 g/mol. The quantitative estimate of drug-likeness (QED) is 0.737. The molecule has 2 atom stereocenters. The molecule has 2 aromatic rings. The van der Waals surface area contributed by atoms with Gasteiger partial charge in [0.15, 0.2) is 0 Å². The molecule has 160 valence electrons. The van der Waals surface area contributed by atoms with Crippen LogP contribution in [-0.2, 0) is 6.54 Å². The highest BCUT2D eigenvalue weighted by Gasteiger charge is 2.24. The highest BCUT2D eigenvalue weighted by atomic mass is 16.2. The van der Waals surface area contributed by atoms with Gasteiger partial charge in [0, 0.05) is 45.0 Å². The van der Waals surface area contributed by atoms with Gasteiger partial charge in [0.05, 0.1) is 0 Å². The summed E-state index contributed by atoms with van der Waals surface area (Å²) >= 11 is 0. The average Bonchev–Trinajstić information content (AvgIpc) is 3.27. The number of para-hydroxylation sites is 1. The van der Waals surface area contributed by atoms with Crippen molar-refractivity contribution >= 4 is 11.7 Å². The third kappa shape index (κ3) is 5.99. The molecule has 0 aromatic heterocycles. The van der Waals surface area contributed by atoms with Crippen molar-refractivity contribution in [1.29, 1.82) is 0 Å². The molecular formula is C25H34N4O. The summed E-state index contributed by atoms with van der Waals surface area (Å²) in [6.07, 6.45) is 3.53. The first-order valence-corrected chi connectivity index (χ1v) is 11.3. The number of benzene rings is 2. The van der Waals surface area contributed by atoms with Crippen molar-refractivity contribution in [2.75, 3.05) is 44.2 Å². The molecule has 4 rings (SSSR count). The number of hydrogen-bond acceptors (Lipinski definition) is 3. The molecule has 0 aliphatic carbocycles. The van der Waals surface area contributed by atoms with Crippen LogP contribution in [0.25, 0.3) is 0 Å². The molecule has 2 N–H and O–H groups in total. The van der Waals surface area contributed by atoms with Crippen LogP contribution in [0, 0.1) is 11.8 Å². The second-order valence-electron chi connectivity index (χ2n) is 8.76. The number of urea groups is 1. The van der Waals surface area contributed by atoms with E-state index in [1.54, 1.807) is 0 Å². The van der Waals surface area contributed by atoms with Crippen LogP contribution in [0.4, 0.5) is 10.5 Å². The topological polar surface area (TPSA) is 47.6 Å². The molecule has 5 heteroatoms. The SMILES string of the molecule is O=C(NC[C@@H]1CCCN(Cc2ccccc2)C1)NC[C@@H]1CCN(c2ccccc2)C1. The Bertz CT molecular complexity index is 782. The number of carbonyl (C=O) groups excluding carboxylic acids is 1. The first-order chi connectivity index (χ1) is 14.8. The van der Waals surface area contributed by atoms with Crippen molar-refractivity contribution < 1.29 is 4.79 Å². The Morgan fingerprint density at radius 3 is 2.23 bits per heavy atom. The smallest absolute Gasteiger partial charge is 0.314 e. The van der Waals surface area contributed by atoms with Gasteiger partial charge in [0.1, 0.15) is 0 Å². The average molecular weight is 407 g/mol. The maximum Gasteiger partial charge on any atom is 0.314 e. The largest absolute Gasteiger partial charge is 0.371 e.